The number of sulfonamides is 1. The minimum absolute atomic E-state index is 0.0921. The van der Waals surface area contributed by atoms with Crippen LogP contribution in [-0.4, -0.2) is 74.9 Å². The van der Waals surface area contributed by atoms with Crippen molar-refractivity contribution in [3.63, 3.8) is 0 Å². The van der Waals surface area contributed by atoms with Gasteiger partial charge < -0.3 is 19.7 Å². The number of nitrogens with one attached hydrogen (secondary N) is 1. The third kappa shape index (κ3) is 4.03. The Kier molecular flexibility index (Phi) is 5.99. The molecule has 1 aromatic carbocycles. The molecule has 1 N–H and O–H groups in total. The molecule has 9 nitrogen and oxygen atoms in total. The van der Waals surface area contributed by atoms with Crippen molar-refractivity contribution in [3.05, 3.63) is 18.2 Å². The first kappa shape index (κ1) is 21.1. The lowest BCUT2D eigenvalue weighted by molar-refractivity contribution is -0.140. The maximum atomic E-state index is 13.1. The Morgan fingerprint density at radius 2 is 1.87 bits per heavy atom. The van der Waals surface area contributed by atoms with Crippen molar-refractivity contribution >= 4 is 27.5 Å². The average Bonchev–Trinajstić information content (AvgIpc) is 2.78. The van der Waals surface area contributed by atoms with Crippen LogP contribution in [0.3, 0.4) is 0 Å². The second kappa shape index (κ2) is 8.52. The summed E-state index contributed by atoms with van der Waals surface area (Å²) in [6.07, 6.45) is 0.961. The van der Waals surface area contributed by atoms with Crippen LogP contribution in [0.25, 0.3) is 0 Å². The van der Waals surface area contributed by atoms with Crippen LogP contribution in [-0.2, 0) is 24.3 Å². The van der Waals surface area contributed by atoms with Gasteiger partial charge in [0, 0.05) is 32.1 Å². The molecule has 0 aliphatic carbocycles. The van der Waals surface area contributed by atoms with E-state index in [1.165, 1.54) is 16.4 Å². The van der Waals surface area contributed by atoms with E-state index in [0.29, 0.717) is 70.1 Å². The number of piperidine rings is 1. The predicted octanol–water partition coefficient (Wildman–Crippen LogP) is 1.06. The highest BCUT2D eigenvalue weighted by Crippen LogP contribution is 2.34. The summed E-state index contributed by atoms with van der Waals surface area (Å²) in [7, 11) is -3.72. The van der Waals surface area contributed by atoms with Gasteiger partial charge in [-0.05, 0) is 37.5 Å². The Labute approximate surface area is 176 Å². The number of fused-ring (bicyclic) bond motifs is 1. The van der Waals surface area contributed by atoms with E-state index in [2.05, 4.69) is 5.32 Å². The molecule has 0 unspecified atom stereocenters. The van der Waals surface area contributed by atoms with Crippen molar-refractivity contribution in [1.29, 1.82) is 0 Å². The van der Waals surface area contributed by atoms with Crippen LogP contribution in [0.1, 0.15) is 26.2 Å². The highest BCUT2D eigenvalue weighted by atomic mass is 32.2. The summed E-state index contributed by atoms with van der Waals surface area (Å²) in [5.74, 6) is 0.128. The van der Waals surface area contributed by atoms with E-state index >= 15 is 0 Å². The Bertz CT molecular complexity index is 920. The van der Waals surface area contributed by atoms with E-state index in [0.717, 1.165) is 0 Å². The van der Waals surface area contributed by atoms with Crippen LogP contribution in [0.2, 0.25) is 0 Å². The quantitative estimate of drug-likeness (QED) is 0.755. The molecule has 3 heterocycles. The summed E-state index contributed by atoms with van der Waals surface area (Å²) in [5, 5.41) is 2.73. The molecular formula is C20H27N3O6S. The van der Waals surface area contributed by atoms with Crippen molar-refractivity contribution in [2.45, 2.75) is 37.2 Å². The number of morpholine rings is 1. The topological polar surface area (TPSA) is 105 Å². The fourth-order valence-electron chi connectivity index (χ4n) is 4.09. The van der Waals surface area contributed by atoms with Gasteiger partial charge in [0.1, 0.15) is 5.75 Å². The number of carbonyl (C=O) groups is 2. The third-order valence-corrected chi connectivity index (χ3v) is 7.80. The van der Waals surface area contributed by atoms with Crippen LogP contribution >= 0.6 is 0 Å². The van der Waals surface area contributed by atoms with Gasteiger partial charge in [-0.1, -0.05) is 6.92 Å². The molecule has 1 atom stereocenters. The predicted molar refractivity (Wildman–Crippen MR) is 109 cm³/mol. The Hall–Kier alpha value is -2.17. The number of hydrogen-bond acceptors (Lipinski definition) is 6. The number of benzene rings is 1. The highest BCUT2D eigenvalue weighted by molar-refractivity contribution is 7.89. The molecule has 0 aromatic heterocycles. The van der Waals surface area contributed by atoms with Gasteiger partial charge in [0.15, 0.2) is 6.10 Å². The average molecular weight is 438 g/mol. The molecule has 0 bridgehead atoms. The Morgan fingerprint density at radius 1 is 1.17 bits per heavy atom. The number of carbonyl (C=O) groups excluding carboxylic acids is 2. The number of amides is 2. The van der Waals surface area contributed by atoms with Gasteiger partial charge in [0.05, 0.1) is 23.8 Å². The van der Waals surface area contributed by atoms with Crippen molar-refractivity contribution < 1.29 is 27.5 Å². The Balaban J connectivity index is 1.43. The number of hydrogen-bond donors (Lipinski definition) is 1. The molecule has 3 aliphatic rings. The van der Waals surface area contributed by atoms with Crippen molar-refractivity contribution in [2.75, 3.05) is 44.7 Å². The molecule has 0 radical (unpaired) electrons. The lowest BCUT2D eigenvalue weighted by Gasteiger charge is -2.35. The maximum Gasteiger partial charge on any atom is 0.265 e. The SMILES string of the molecule is CC[C@H]1Oc2ccc(S(=O)(=O)N3CCC(C(=O)N4CCOCC4)CC3)cc2NC1=O. The van der Waals surface area contributed by atoms with E-state index in [9.17, 15) is 18.0 Å². The van der Waals surface area contributed by atoms with Crippen LogP contribution in [0.5, 0.6) is 5.75 Å². The molecule has 2 amide bonds. The van der Waals surface area contributed by atoms with Crippen molar-refractivity contribution in [3.8, 4) is 5.75 Å². The lowest BCUT2D eigenvalue weighted by atomic mass is 9.96. The normalized spacial score (nSPS) is 23.4. The minimum atomic E-state index is -3.72. The number of nitrogens with zero attached hydrogens (tertiary/aromatic N) is 2. The van der Waals surface area contributed by atoms with Gasteiger partial charge in [-0.25, -0.2) is 8.42 Å². The molecule has 2 saturated heterocycles. The lowest BCUT2D eigenvalue weighted by Crippen LogP contribution is -2.47. The number of anilines is 1. The molecule has 0 saturated carbocycles. The summed E-state index contributed by atoms with van der Waals surface area (Å²) < 4.78 is 38.6. The molecule has 1 aromatic rings. The maximum absolute atomic E-state index is 13.1. The van der Waals surface area contributed by atoms with Gasteiger partial charge in [0.25, 0.3) is 5.91 Å². The number of ether oxygens (including phenoxy) is 2. The monoisotopic (exact) mass is 437 g/mol. The molecule has 30 heavy (non-hydrogen) atoms. The molecule has 4 rings (SSSR count). The zero-order valence-electron chi connectivity index (χ0n) is 17.0. The van der Waals surface area contributed by atoms with Crippen LogP contribution in [0, 0.1) is 5.92 Å². The highest BCUT2D eigenvalue weighted by Gasteiger charge is 2.35. The van der Waals surface area contributed by atoms with Gasteiger partial charge in [-0.15, -0.1) is 0 Å². The first-order valence-corrected chi connectivity index (χ1v) is 11.8. The molecule has 0 spiro atoms. The van der Waals surface area contributed by atoms with Crippen LogP contribution in [0.4, 0.5) is 5.69 Å². The van der Waals surface area contributed by atoms with Gasteiger partial charge in [0.2, 0.25) is 15.9 Å². The smallest absolute Gasteiger partial charge is 0.265 e. The van der Waals surface area contributed by atoms with Gasteiger partial charge >= 0.3 is 0 Å². The Morgan fingerprint density at radius 3 is 2.53 bits per heavy atom. The zero-order chi connectivity index (χ0) is 21.3. The van der Waals surface area contributed by atoms with Crippen LogP contribution < -0.4 is 10.1 Å². The molecule has 3 aliphatic heterocycles. The van der Waals surface area contributed by atoms with E-state index in [1.54, 1.807) is 6.07 Å². The van der Waals surface area contributed by atoms with E-state index in [4.69, 9.17) is 9.47 Å². The standard InChI is InChI=1S/C20H27N3O6S/c1-2-17-19(24)21-16-13-15(3-4-18(16)29-17)30(26,27)23-7-5-14(6-8-23)20(25)22-9-11-28-12-10-22/h3-4,13-14,17H,2,5-12H2,1H3,(H,21,24)/t17-/m1/s1. The summed E-state index contributed by atoms with van der Waals surface area (Å²) in [6.45, 7) is 4.73. The minimum Gasteiger partial charge on any atom is -0.478 e. The fourth-order valence-corrected chi connectivity index (χ4v) is 5.59. The van der Waals surface area contributed by atoms with Gasteiger partial charge in [-0.2, -0.15) is 4.31 Å². The fraction of sp³-hybridized carbons (Fsp3) is 0.600. The third-order valence-electron chi connectivity index (χ3n) is 5.91. The summed E-state index contributed by atoms with van der Waals surface area (Å²) in [4.78, 5) is 26.6. The summed E-state index contributed by atoms with van der Waals surface area (Å²) >= 11 is 0. The van der Waals surface area contributed by atoms with Crippen LogP contribution in [0.15, 0.2) is 23.1 Å². The molecule has 2 fully saturated rings. The molecule has 164 valence electrons. The summed E-state index contributed by atoms with van der Waals surface area (Å²) in [5.41, 5.74) is 0.364. The largest absolute Gasteiger partial charge is 0.478 e. The van der Waals surface area contributed by atoms with E-state index < -0.39 is 16.1 Å². The first-order valence-electron chi connectivity index (χ1n) is 10.4. The number of rotatable bonds is 4. The van der Waals surface area contributed by atoms with Crippen molar-refractivity contribution in [2.24, 2.45) is 5.92 Å². The van der Waals surface area contributed by atoms with Gasteiger partial charge in [-0.3, -0.25) is 9.59 Å². The summed E-state index contributed by atoms with van der Waals surface area (Å²) in [6, 6.07) is 4.53. The van der Waals surface area contributed by atoms with E-state index in [1.807, 2.05) is 11.8 Å². The molecule has 10 heteroatoms. The van der Waals surface area contributed by atoms with Crippen molar-refractivity contribution in [1.82, 2.24) is 9.21 Å². The first-order chi connectivity index (χ1) is 14.4. The second-order valence-corrected chi connectivity index (χ2v) is 9.72. The van der Waals surface area contributed by atoms with E-state index in [-0.39, 0.29) is 22.6 Å². The molecular weight excluding hydrogens is 410 g/mol. The second-order valence-electron chi connectivity index (χ2n) is 7.78. The zero-order valence-corrected chi connectivity index (χ0v) is 17.8.